The Bertz CT molecular complexity index is 925. The van der Waals surface area contributed by atoms with Crippen molar-refractivity contribution in [2.75, 3.05) is 14.2 Å². The first-order chi connectivity index (χ1) is 12.7. The molecule has 0 saturated heterocycles. The number of ketones is 1. The molecule has 0 fully saturated rings. The van der Waals surface area contributed by atoms with Crippen molar-refractivity contribution in [2.24, 2.45) is 0 Å². The van der Waals surface area contributed by atoms with Crippen LogP contribution in [0.15, 0.2) is 53.4 Å². The fraction of sp³-hybridized carbons (Fsp3) is 0.222. The summed E-state index contributed by atoms with van der Waals surface area (Å²) in [5, 5.41) is 0. The van der Waals surface area contributed by atoms with Crippen LogP contribution in [0.4, 0.5) is 4.39 Å². The number of rotatable bonds is 7. The summed E-state index contributed by atoms with van der Waals surface area (Å²) in [6, 6.07) is 9.88. The van der Waals surface area contributed by atoms with Gasteiger partial charge in [0.05, 0.1) is 17.6 Å². The van der Waals surface area contributed by atoms with Gasteiger partial charge in [0.15, 0.2) is 6.10 Å². The molecule has 0 heterocycles. The zero-order chi connectivity index (χ0) is 20.2. The third kappa shape index (κ3) is 4.76. The van der Waals surface area contributed by atoms with E-state index in [-0.39, 0.29) is 16.0 Å². The zero-order valence-corrected chi connectivity index (χ0v) is 15.7. The molecule has 0 N–H and O–H groups in total. The quantitative estimate of drug-likeness (QED) is 0.406. The van der Waals surface area contributed by atoms with Gasteiger partial charge in [-0.25, -0.2) is 17.6 Å². The van der Waals surface area contributed by atoms with Crippen molar-refractivity contribution in [3.8, 4) is 0 Å². The minimum Gasteiger partial charge on any atom is -0.451 e. The highest BCUT2D eigenvalue weighted by Gasteiger charge is 2.23. The van der Waals surface area contributed by atoms with Crippen LogP contribution in [-0.4, -0.2) is 44.9 Å². The fourth-order valence-corrected chi connectivity index (χ4v) is 3.11. The third-order valence-electron chi connectivity index (χ3n) is 3.77. The summed E-state index contributed by atoms with van der Waals surface area (Å²) < 4.78 is 42.9. The Labute approximate surface area is 156 Å². The number of esters is 1. The third-order valence-corrected chi connectivity index (χ3v) is 5.46. The SMILES string of the molecule is CON(C)S(=O)(=O)c1ccc(C(=O)O[C@@H](C)C(=O)c2ccc(F)cc2)cc1. The van der Waals surface area contributed by atoms with Gasteiger partial charge < -0.3 is 4.74 Å². The number of carbonyl (C=O) groups excluding carboxylic acids is 2. The number of sulfonamides is 1. The molecule has 0 aliphatic heterocycles. The van der Waals surface area contributed by atoms with Gasteiger partial charge in [-0.3, -0.25) is 9.63 Å². The molecule has 0 aromatic heterocycles. The predicted molar refractivity (Wildman–Crippen MR) is 94.0 cm³/mol. The molecule has 7 nitrogen and oxygen atoms in total. The number of carbonyl (C=O) groups is 2. The molecule has 0 saturated carbocycles. The first kappa shape index (κ1) is 20.7. The Kier molecular flexibility index (Phi) is 6.42. The van der Waals surface area contributed by atoms with Crippen LogP contribution in [0, 0.1) is 5.82 Å². The number of halogens is 1. The Morgan fingerprint density at radius 3 is 2.04 bits per heavy atom. The maximum absolute atomic E-state index is 12.9. The number of Topliss-reactive ketones (excluding diaryl/α,β-unsaturated/α-hetero) is 1. The Morgan fingerprint density at radius 2 is 1.52 bits per heavy atom. The first-order valence-corrected chi connectivity index (χ1v) is 9.24. The second-order valence-corrected chi connectivity index (χ2v) is 7.48. The molecule has 0 unspecified atom stereocenters. The van der Waals surface area contributed by atoms with Crippen molar-refractivity contribution in [3.63, 3.8) is 0 Å². The van der Waals surface area contributed by atoms with Crippen LogP contribution < -0.4 is 0 Å². The predicted octanol–water partition coefficient (Wildman–Crippen LogP) is 2.44. The number of hydroxylamine groups is 1. The molecule has 2 rings (SSSR count). The number of hydrogen-bond acceptors (Lipinski definition) is 6. The molecule has 0 bridgehead atoms. The van der Waals surface area contributed by atoms with Gasteiger partial charge in [0.1, 0.15) is 5.82 Å². The summed E-state index contributed by atoms with van der Waals surface area (Å²) in [5.41, 5.74) is 0.286. The van der Waals surface area contributed by atoms with E-state index < -0.39 is 33.7 Å². The molecule has 0 aliphatic carbocycles. The summed E-state index contributed by atoms with van der Waals surface area (Å²) in [7, 11) is -1.39. The minimum atomic E-state index is -3.83. The summed E-state index contributed by atoms with van der Waals surface area (Å²) in [5.74, 6) is -1.75. The van der Waals surface area contributed by atoms with Crippen molar-refractivity contribution in [2.45, 2.75) is 17.9 Å². The lowest BCUT2D eigenvalue weighted by atomic mass is 10.1. The van der Waals surface area contributed by atoms with Crippen molar-refractivity contribution in [1.29, 1.82) is 0 Å². The van der Waals surface area contributed by atoms with Crippen LogP contribution in [0.25, 0.3) is 0 Å². The van der Waals surface area contributed by atoms with Gasteiger partial charge in [0.25, 0.3) is 10.0 Å². The Morgan fingerprint density at radius 1 is 1.00 bits per heavy atom. The minimum absolute atomic E-state index is 0.0705. The van der Waals surface area contributed by atoms with E-state index in [4.69, 9.17) is 4.74 Å². The molecular formula is C18H18FNO6S. The molecular weight excluding hydrogens is 377 g/mol. The topological polar surface area (TPSA) is 90.0 Å². The van der Waals surface area contributed by atoms with E-state index >= 15 is 0 Å². The van der Waals surface area contributed by atoms with E-state index in [2.05, 4.69) is 4.84 Å². The molecule has 144 valence electrons. The van der Waals surface area contributed by atoms with Gasteiger partial charge in [0.2, 0.25) is 5.78 Å². The highest BCUT2D eigenvalue weighted by Crippen LogP contribution is 2.16. The van der Waals surface area contributed by atoms with E-state index in [1.165, 1.54) is 57.5 Å². The average Bonchev–Trinajstić information content (AvgIpc) is 2.67. The fourth-order valence-electron chi connectivity index (χ4n) is 2.14. The molecule has 0 aliphatic rings. The molecule has 27 heavy (non-hydrogen) atoms. The second kappa shape index (κ2) is 8.38. The Balaban J connectivity index is 2.09. The van der Waals surface area contributed by atoms with Gasteiger partial charge in [-0.15, -0.1) is 0 Å². The molecule has 1 atom stereocenters. The van der Waals surface area contributed by atoms with Gasteiger partial charge in [-0.05, 0) is 55.5 Å². The Hall–Kier alpha value is -2.62. The monoisotopic (exact) mass is 395 g/mol. The molecule has 9 heteroatoms. The van der Waals surface area contributed by atoms with Gasteiger partial charge >= 0.3 is 5.97 Å². The lowest BCUT2D eigenvalue weighted by Gasteiger charge is -2.15. The zero-order valence-electron chi connectivity index (χ0n) is 14.9. The van der Waals surface area contributed by atoms with E-state index in [1.54, 1.807) is 0 Å². The summed E-state index contributed by atoms with van der Waals surface area (Å²) in [6.07, 6.45) is -1.09. The summed E-state index contributed by atoms with van der Waals surface area (Å²) in [4.78, 5) is 29.0. The van der Waals surface area contributed by atoms with Gasteiger partial charge in [-0.2, -0.15) is 0 Å². The van der Waals surface area contributed by atoms with Crippen LogP contribution in [-0.2, 0) is 19.6 Å². The lowest BCUT2D eigenvalue weighted by Crippen LogP contribution is -2.26. The normalized spacial score (nSPS) is 12.6. The smallest absolute Gasteiger partial charge is 0.338 e. The second-order valence-electron chi connectivity index (χ2n) is 5.54. The van der Waals surface area contributed by atoms with E-state index in [0.717, 1.165) is 12.1 Å². The lowest BCUT2D eigenvalue weighted by molar-refractivity contribution is -0.0258. The molecule has 0 spiro atoms. The van der Waals surface area contributed by atoms with Crippen LogP contribution >= 0.6 is 0 Å². The number of benzene rings is 2. The largest absolute Gasteiger partial charge is 0.451 e. The van der Waals surface area contributed by atoms with Crippen LogP contribution in [0.3, 0.4) is 0 Å². The van der Waals surface area contributed by atoms with Crippen LogP contribution in [0.5, 0.6) is 0 Å². The summed E-state index contributed by atoms with van der Waals surface area (Å²) in [6.45, 7) is 1.40. The van der Waals surface area contributed by atoms with Crippen molar-refractivity contribution in [1.82, 2.24) is 4.47 Å². The van der Waals surface area contributed by atoms with E-state index in [9.17, 15) is 22.4 Å². The highest BCUT2D eigenvalue weighted by atomic mass is 32.2. The molecule has 2 aromatic rings. The van der Waals surface area contributed by atoms with Crippen LogP contribution in [0.2, 0.25) is 0 Å². The molecule has 2 aromatic carbocycles. The van der Waals surface area contributed by atoms with Crippen molar-refractivity contribution in [3.05, 3.63) is 65.5 Å². The van der Waals surface area contributed by atoms with Gasteiger partial charge in [-0.1, -0.05) is 4.47 Å². The van der Waals surface area contributed by atoms with E-state index in [1.807, 2.05) is 0 Å². The number of nitrogens with zero attached hydrogens (tertiary/aromatic N) is 1. The molecule has 0 amide bonds. The number of ether oxygens (including phenoxy) is 1. The van der Waals surface area contributed by atoms with Crippen molar-refractivity contribution >= 4 is 21.8 Å². The standard InChI is InChI=1S/C18H18FNO6S/c1-12(17(21)13-4-8-15(19)9-5-13)26-18(22)14-6-10-16(11-7-14)27(23,24)20(2)25-3/h4-12H,1-3H3/t12-/m0/s1. The van der Waals surface area contributed by atoms with Gasteiger partial charge in [0, 0.05) is 12.6 Å². The van der Waals surface area contributed by atoms with E-state index in [0.29, 0.717) is 4.47 Å². The maximum Gasteiger partial charge on any atom is 0.338 e. The number of hydrogen-bond donors (Lipinski definition) is 0. The molecule has 0 radical (unpaired) electrons. The highest BCUT2D eigenvalue weighted by molar-refractivity contribution is 7.89. The van der Waals surface area contributed by atoms with Crippen molar-refractivity contribution < 1.29 is 32.0 Å². The maximum atomic E-state index is 12.9. The van der Waals surface area contributed by atoms with Crippen LogP contribution in [0.1, 0.15) is 27.6 Å². The summed E-state index contributed by atoms with van der Waals surface area (Å²) >= 11 is 0. The average molecular weight is 395 g/mol. The first-order valence-electron chi connectivity index (χ1n) is 7.80.